The molecular weight excluding hydrogens is 282 g/mol. The molecule has 1 N–H and O–H groups in total. The summed E-state index contributed by atoms with van der Waals surface area (Å²) in [6.45, 7) is 5.55. The van der Waals surface area contributed by atoms with Crippen LogP contribution >= 0.6 is 0 Å². The van der Waals surface area contributed by atoms with E-state index in [1.807, 2.05) is 18.7 Å². The first-order valence-corrected chi connectivity index (χ1v) is 7.69. The molecule has 1 saturated heterocycles. The Kier molecular flexibility index (Phi) is 4.22. The van der Waals surface area contributed by atoms with E-state index < -0.39 is 0 Å². The summed E-state index contributed by atoms with van der Waals surface area (Å²) in [4.78, 5) is 18.4. The summed E-state index contributed by atoms with van der Waals surface area (Å²) in [6, 6.07) is 0. The summed E-state index contributed by atoms with van der Waals surface area (Å²) >= 11 is 0. The third-order valence-electron chi connectivity index (χ3n) is 4.52. The van der Waals surface area contributed by atoms with Gasteiger partial charge in [-0.1, -0.05) is 5.16 Å². The predicted octanol–water partition coefficient (Wildman–Crippen LogP) is 1.75. The number of aryl methyl sites for hydroxylation is 2. The molecule has 3 heterocycles. The van der Waals surface area contributed by atoms with Crippen molar-refractivity contribution in [3.63, 3.8) is 0 Å². The fourth-order valence-corrected chi connectivity index (χ4v) is 2.91. The van der Waals surface area contributed by atoms with Gasteiger partial charge in [-0.15, -0.1) is 0 Å². The molecule has 1 aliphatic heterocycles. The molecule has 0 spiro atoms. The monoisotopic (exact) mass is 303 g/mol. The lowest BCUT2D eigenvalue weighted by Gasteiger charge is -2.30. The smallest absolute Gasteiger partial charge is 0.222 e. The topological polar surface area (TPSA) is 87.9 Å². The number of likely N-dealkylation sites (tertiary alicyclic amines) is 1. The van der Waals surface area contributed by atoms with E-state index in [0.29, 0.717) is 18.8 Å². The quantitative estimate of drug-likeness (QED) is 0.929. The van der Waals surface area contributed by atoms with Crippen molar-refractivity contribution in [2.75, 3.05) is 13.1 Å². The van der Waals surface area contributed by atoms with Crippen molar-refractivity contribution in [2.24, 2.45) is 0 Å². The zero-order valence-corrected chi connectivity index (χ0v) is 13.0. The number of hydrogen-bond acceptors (Lipinski definition) is 5. The second-order valence-electron chi connectivity index (χ2n) is 5.86. The van der Waals surface area contributed by atoms with Gasteiger partial charge in [0.05, 0.1) is 5.69 Å². The first-order chi connectivity index (χ1) is 10.6. The van der Waals surface area contributed by atoms with Crippen LogP contribution in [0.2, 0.25) is 0 Å². The predicted molar refractivity (Wildman–Crippen MR) is 79.2 cm³/mol. The molecule has 7 nitrogen and oxygen atoms in total. The van der Waals surface area contributed by atoms with Gasteiger partial charge in [0.15, 0.2) is 5.82 Å². The van der Waals surface area contributed by atoms with Crippen LogP contribution in [0.4, 0.5) is 0 Å². The molecule has 2 aromatic heterocycles. The third kappa shape index (κ3) is 3.03. The molecule has 1 aliphatic rings. The minimum absolute atomic E-state index is 0.201. The molecule has 22 heavy (non-hydrogen) atoms. The molecule has 118 valence electrons. The van der Waals surface area contributed by atoms with E-state index in [2.05, 4.69) is 20.3 Å². The lowest BCUT2D eigenvalue weighted by Crippen LogP contribution is -2.38. The molecule has 0 saturated carbocycles. The lowest BCUT2D eigenvalue weighted by atomic mass is 9.96. The number of aromatic nitrogens is 4. The maximum absolute atomic E-state index is 12.3. The molecule has 0 unspecified atom stereocenters. The SMILES string of the molecule is Cc1[nH]nc(CCC(=O)N2CCC(c3ncon3)CC2)c1C. The highest BCUT2D eigenvalue weighted by atomic mass is 16.5. The van der Waals surface area contributed by atoms with Gasteiger partial charge >= 0.3 is 0 Å². The summed E-state index contributed by atoms with van der Waals surface area (Å²) in [6.07, 6.45) is 4.36. The molecule has 1 fully saturated rings. The van der Waals surface area contributed by atoms with Gasteiger partial charge < -0.3 is 9.42 Å². The number of carbonyl (C=O) groups excluding carboxylic acids is 1. The average Bonchev–Trinajstić information content (AvgIpc) is 3.17. The van der Waals surface area contributed by atoms with Crippen LogP contribution in [0.3, 0.4) is 0 Å². The van der Waals surface area contributed by atoms with Crippen molar-refractivity contribution in [2.45, 2.75) is 45.4 Å². The molecule has 0 radical (unpaired) electrons. The highest BCUT2D eigenvalue weighted by Crippen LogP contribution is 2.25. The van der Waals surface area contributed by atoms with Crippen LogP contribution in [-0.2, 0) is 11.2 Å². The van der Waals surface area contributed by atoms with Crippen molar-refractivity contribution in [3.8, 4) is 0 Å². The van der Waals surface area contributed by atoms with Gasteiger partial charge in [0, 0.05) is 37.5 Å². The van der Waals surface area contributed by atoms with Crippen LogP contribution in [0.1, 0.15) is 48.0 Å². The zero-order chi connectivity index (χ0) is 15.5. The zero-order valence-electron chi connectivity index (χ0n) is 13.0. The van der Waals surface area contributed by atoms with E-state index in [0.717, 1.165) is 48.7 Å². The molecule has 3 rings (SSSR count). The summed E-state index contributed by atoms with van der Waals surface area (Å²) in [5.74, 6) is 1.26. The fourth-order valence-electron chi connectivity index (χ4n) is 2.91. The Labute approximate surface area is 129 Å². The fraction of sp³-hybridized carbons (Fsp3) is 0.600. The van der Waals surface area contributed by atoms with Gasteiger partial charge in [0.25, 0.3) is 0 Å². The van der Waals surface area contributed by atoms with E-state index >= 15 is 0 Å². The highest BCUT2D eigenvalue weighted by Gasteiger charge is 2.26. The van der Waals surface area contributed by atoms with Crippen LogP contribution in [0.15, 0.2) is 10.9 Å². The minimum atomic E-state index is 0.201. The Morgan fingerprint density at radius 2 is 2.18 bits per heavy atom. The van der Waals surface area contributed by atoms with Crippen molar-refractivity contribution >= 4 is 5.91 Å². The molecule has 0 bridgehead atoms. The molecular formula is C15H21N5O2. The maximum Gasteiger partial charge on any atom is 0.222 e. The Balaban J connectivity index is 1.49. The summed E-state index contributed by atoms with van der Waals surface area (Å²) < 4.78 is 4.79. The van der Waals surface area contributed by atoms with Gasteiger partial charge in [-0.25, -0.2) is 0 Å². The Hall–Kier alpha value is -2.18. The van der Waals surface area contributed by atoms with E-state index in [4.69, 9.17) is 4.52 Å². The van der Waals surface area contributed by atoms with Gasteiger partial charge in [-0.2, -0.15) is 10.1 Å². The van der Waals surface area contributed by atoms with Gasteiger partial charge in [-0.3, -0.25) is 9.89 Å². The first-order valence-electron chi connectivity index (χ1n) is 7.69. The van der Waals surface area contributed by atoms with Crippen LogP contribution in [0.5, 0.6) is 0 Å². The number of piperidine rings is 1. The van der Waals surface area contributed by atoms with Crippen molar-refractivity contribution in [3.05, 3.63) is 29.2 Å². The maximum atomic E-state index is 12.3. The number of carbonyl (C=O) groups is 1. The third-order valence-corrected chi connectivity index (χ3v) is 4.52. The number of nitrogens with zero attached hydrogens (tertiary/aromatic N) is 4. The van der Waals surface area contributed by atoms with E-state index in [1.165, 1.54) is 6.39 Å². The van der Waals surface area contributed by atoms with E-state index in [9.17, 15) is 4.79 Å². The Morgan fingerprint density at radius 3 is 2.77 bits per heavy atom. The normalized spacial score (nSPS) is 16.2. The Morgan fingerprint density at radius 1 is 1.41 bits per heavy atom. The number of H-pyrrole nitrogens is 1. The van der Waals surface area contributed by atoms with Crippen LogP contribution in [0.25, 0.3) is 0 Å². The van der Waals surface area contributed by atoms with Crippen molar-refractivity contribution in [1.82, 2.24) is 25.2 Å². The van der Waals surface area contributed by atoms with Crippen molar-refractivity contribution < 1.29 is 9.32 Å². The van der Waals surface area contributed by atoms with Crippen LogP contribution in [0, 0.1) is 13.8 Å². The van der Waals surface area contributed by atoms with E-state index in [1.54, 1.807) is 0 Å². The average molecular weight is 303 g/mol. The summed E-state index contributed by atoms with van der Waals surface area (Å²) in [5.41, 5.74) is 3.22. The number of aromatic amines is 1. The minimum Gasteiger partial charge on any atom is -0.343 e. The standard InChI is InChI=1S/C15H21N5O2/c1-10-11(2)17-18-13(10)3-4-14(21)20-7-5-12(6-8-20)15-16-9-22-19-15/h9,12H,3-8H2,1-2H3,(H,17,18). The van der Waals surface area contributed by atoms with E-state index in [-0.39, 0.29) is 5.91 Å². The number of amides is 1. The first kappa shape index (κ1) is 14.7. The lowest BCUT2D eigenvalue weighted by molar-refractivity contribution is -0.132. The second kappa shape index (κ2) is 6.29. The summed E-state index contributed by atoms with van der Waals surface area (Å²) in [7, 11) is 0. The number of hydrogen-bond donors (Lipinski definition) is 1. The van der Waals surface area contributed by atoms with Crippen LogP contribution in [-0.4, -0.2) is 44.2 Å². The molecule has 7 heteroatoms. The number of nitrogens with one attached hydrogen (secondary N) is 1. The molecule has 2 aromatic rings. The van der Waals surface area contributed by atoms with Gasteiger partial charge in [0.1, 0.15) is 0 Å². The van der Waals surface area contributed by atoms with Gasteiger partial charge in [-0.05, 0) is 32.3 Å². The molecule has 0 aliphatic carbocycles. The molecule has 1 amide bonds. The number of rotatable bonds is 4. The van der Waals surface area contributed by atoms with Crippen LogP contribution < -0.4 is 0 Å². The largest absolute Gasteiger partial charge is 0.343 e. The molecule has 0 atom stereocenters. The van der Waals surface area contributed by atoms with Crippen molar-refractivity contribution in [1.29, 1.82) is 0 Å². The second-order valence-corrected chi connectivity index (χ2v) is 5.86. The summed E-state index contributed by atoms with van der Waals surface area (Å²) in [5, 5.41) is 11.1. The highest BCUT2D eigenvalue weighted by molar-refractivity contribution is 5.76. The Bertz CT molecular complexity index is 626. The van der Waals surface area contributed by atoms with Gasteiger partial charge in [0.2, 0.25) is 12.3 Å². The molecule has 0 aromatic carbocycles.